The lowest BCUT2D eigenvalue weighted by Gasteiger charge is -2.33. The highest BCUT2D eigenvalue weighted by Crippen LogP contribution is 2.36. The minimum Gasteiger partial charge on any atom is -0.298 e. The number of halogens is 1. The third-order valence-corrected chi connectivity index (χ3v) is 4.49. The summed E-state index contributed by atoms with van der Waals surface area (Å²) >= 11 is 0. The van der Waals surface area contributed by atoms with Crippen molar-refractivity contribution in [2.45, 2.75) is 51.9 Å². The summed E-state index contributed by atoms with van der Waals surface area (Å²) in [4.78, 5) is 12.8. The summed E-state index contributed by atoms with van der Waals surface area (Å²) in [6.45, 7) is 6.15. The summed E-state index contributed by atoms with van der Waals surface area (Å²) < 4.78 is 13.0. The van der Waals surface area contributed by atoms with E-state index in [1.54, 1.807) is 12.1 Å². The number of benzene rings is 1. The van der Waals surface area contributed by atoms with Crippen molar-refractivity contribution in [3.8, 4) is 0 Å². The Bertz CT molecular complexity index is 447. The normalized spacial score (nSPS) is 24.2. The molecule has 0 N–H and O–H groups in total. The van der Waals surface area contributed by atoms with Gasteiger partial charge in [-0.1, -0.05) is 31.9 Å². The van der Waals surface area contributed by atoms with Gasteiger partial charge in [0.05, 0.1) is 0 Å². The van der Waals surface area contributed by atoms with Crippen LogP contribution in [0.3, 0.4) is 0 Å². The highest BCUT2D eigenvalue weighted by Gasteiger charge is 2.36. The van der Waals surface area contributed by atoms with Crippen molar-refractivity contribution in [3.63, 3.8) is 0 Å². The molecular formula is C17H23FO. The van der Waals surface area contributed by atoms with E-state index in [4.69, 9.17) is 0 Å². The van der Waals surface area contributed by atoms with Gasteiger partial charge in [0.15, 0.2) is 0 Å². The van der Waals surface area contributed by atoms with Gasteiger partial charge < -0.3 is 0 Å². The monoisotopic (exact) mass is 262 g/mol. The highest BCUT2D eigenvalue weighted by molar-refractivity contribution is 5.91. The first-order valence-corrected chi connectivity index (χ1v) is 7.21. The zero-order valence-electron chi connectivity index (χ0n) is 12.1. The van der Waals surface area contributed by atoms with E-state index in [1.807, 2.05) is 13.8 Å². The van der Waals surface area contributed by atoms with Crippen molar-refractivity contribution >= 4 is 5.78 Å². The molecule has 0 aliphatic heterocycles. The third-order valence-electron chi connectivity index (χ3n) is 4.49. The van der Waals surface area contributed by atoms with Crippen LogP contribution in [-0.4, -0.2) is 5.78 Å². The standard InChI is InChI=1S/C17H23FO/c1-12-5-4-6-13(11-12)16(19)17(2,3)14-7-9-15(18)10-8-14/h7-10,12-13H,4-6,11H2,1-3H3. The summed E-state index contributed by atoms with van der Waals surface area (Å²) in [7, 11) is 0. The highest BCUT2D eigenvalue weighted by atomic mass is 19.1. The Morgan fingerprint density at radius 2 is 1.84 bits per heavy atom. The maximum Gasteiger partial charge on any atom is 0.145 e. The van der Waals surface area contributed by atoms with E-state index in [9.17, 15) is 9.18 Å². The van der Waals surface area contributed by atoms with Gasteiger partial charge in [0, 0.05) is 11.3 Å². The van der Waals surface area contributed by atoms with Crippen LogP contribution in [-0.2, 0) is 10.2 Å². The Morgan fingerprint density at radius 1 is 1.21 bits per heavy atom. The van der Waals surface area contributed by atoms with E-state index in [0.717, 1.165) is 24.8 Å². The van der Waals surface area contributed by atoms with Gasteiger partial charge in [-0.2, -0.15) is 0 Å². The molecule has 0 saturated heterocycles. The predicted octanol–water partition coefficient (Wildman–Crippen LogP) is 4.50. The molecule has 0 aromatic heterocycles. The van der Waals surface area contributed by atoms with E-state index < -0.39 is 5.41 Å². The molecule has 2 unspecified atom stereocenters. The first-order valence-electron chi connectivity index (χ1n) is 7.21. The molecule has 1 aliphatic rings. The number of ketones is 1. The van der Waals surface area contributed by atoms with Gasteiger partial charge >= 0.3 is 0 Å². The zero-order chi connectivity index (χ0) is 14.0. The average molecular weight is 262 g/mol. The van der Waals surface area contributed by atoms with Crippen LogP contribution >= 0.6 is 0 Å². The molecule has 104 valence electrons. The van der Waals surface area contributed by atoms with Gasteiger partial charge in [-0.3, -0.25) is 4.79 Å². The molecule has 0 spiro atoms. The number of hydrogen-bond donors (Lipinski definition) is 0. The molecule has 0 bridgehead atoms. The maximum atomic E-state index is 13.0. The second-order valence-electron chi connectivity index (χ2n) is 6.46. The molecule has 1 nitrogen and oxygen atoms in total. The van der Waals surface area contributed by atoms with Crippen LogP contribution in [0.5, 0.6) is 0 Å². The third kappa shape index (κ3) is 3.05. The van der Waals surface area contributed by atoms with Crippen molar-refractivity contribution < 1.29 is 9.18 Å². The summed E-state index contributed by atoms with van der Waals surface area (Å²) in [5, 5.41) is 0. The number of hydrogen-bond acceptors (Lipinski definition) is 1. The van der Waals surface area contributed by atoms with E-state index in [-0.39, 0.29) is 11.7 Å². The average Bonchev–Trinajstić information content (AvgIpc) is 2.38. The first-order chi connectivity index (χ1) is 8.91. The quantitative estimate of drug-likeness (QED) is 0.784. The van der Waals surface area contributed by atoms with Crippen LogP contribution in [0.15, 0.2) is 24.3 Å². The number of rotatable bonds is 3. The number of carbonyl (C=O) groups excluding carboxylic acids is 1. The zero-order valence-corrected chi connectivity index (χ0v) is 12.1. The molecule has 2 atom stereocenters. The summed E-state index contributed by atoms with van der Waals surface area (Å²) in [6.07, 6.45) is 4.40. The van der Waals surface area contributed by atoms with Crippen molar-refractivity contribution in [2.75, 3.05) is 0 Å². The lowest BCUT2D eigenvalue weighted by molar-refractivity contribution is -0.128. The fourth-order valence-corrected chi connectivity index (χ4v) is 3.19. The maximum absolute atomic E-state index is 13.0. The predicted molar refractivity (Wildman–Crippen MR) is 75.6 cm³/mol. The Balaban J connectivity index is 2.18. The van der Waals surface area contributed by atoms with Crippen molar-refractivity contribution in [1.82, 2.24) is 0 Å². The van der Waals surface area contributed by atoms with Crippen molar-refractivity contribution in [3.05, 3.63) is 35.6 Å². The van der Waals surface area contributed by atoms with Crippen molar-refractivity contribution in [1.29, 1.82) is 0 Å². The summed E-state index contributed by atoms with van der Waals surface area (Å²) in [5.41, 5.74) is 0.396. The Kier molecular flexibility index (Phi) is 4.07. The van der Waals surface area contributed by atoms with Gasteiger partial charge in [0.25, 0.3) is 0 Å². The largest absolute Gasteiger partial charge is 0.298 e. The fraction of sp³-hybridized carbons (Fsp3) is 0.588. The van der Waals surface area contributed by atoms with Gasteiger partial charge in [-0.05, 0) is 50.3 Å². The molecule has 1 aliphatic carbocycles. The second-order valence-corrected chi connectivity index (χ2v) is 6.46. The van der Waals surface area contributed by atoms with Gasteiger partial charge in [0.1, 0.15) is 11.6 Å². The smallest absolute Gasteiger partial charge is 0.145 e. The molecule has 2 heteroatoms. The number of carbonyl (C=O) groups is 1. The molecule has 0 amide bonds. The lowest BCUT2D eigenvalue weighted by atomic mass is 9.70. The minimum absolute atomic E-state index is 0.170. The molecule has 2 rings (SSSR count). The van der Waals surface area contributed by atoms with Gasteiger partial charge in [-0.15, -0.1) is 0 Å². The van der Waals surface area contributed by atoms with E-state index in [0.29, 0.717) is 11.7 Å². The van der Waals surface area contributed by atoms with Crippen molar-refractivity contribution in [2.24, 2.45) is 11.8 Å². The molecule has 1 aromatic carbocycles. The van der Waals surface area contributed by atoms with Gasteiger partial charge in [0.2, 0.25) is 0 Å². The molecule has 0 radical (unpaired) electrons. The molecular weight excluding hydrogens is 239 g/mol. The molecule has 1 aromatic rings. The van der Waals surface area contributed by atoms with Crippen LogP contribution in [0.1, 0.15) is 52.0 Å². The summed E-state index contributed by atoms with van der Waals surface area (Å²) in [6, 6.07) is 6.35. The van der Waals surface area contributed by atoms with Crippen LogP contribution in [0.2, 0.25) is 0 Å². The Hall–Kier alpha value is -1.18. The SMILES string of the molecule is CC1CCCC(C(=O)C(C)(C)c2ccc(F)cc2)C1. The lowest BCUT2D eigenvalue weighted by Crippen LogP contribution is -2.36. The topological polar surface area (TPSA) is 17.1 Å². The fourth-order valence-electron chi connectivity index (χ4n) is 3.19. The molecule has 19 heavy (non-hydrogen) atoms. The Morgan fingerprint density at radius 3 is 2.42 bits per heavy atom. The van der Waals surface area contributed by atoms with E-state index in [1.165, 1.54) is 18.6 Å². The minimum atomic E-state index is -0.518. The molecule has 1 fully saturated rings. The second kappa shape index (κ2) is 5.44. The molecule has 1 saturated carbocycles. The van der Waals surface area contributed by atoms with Crippen LogP contribution in [0.25, 0.3) is 0 Å². The van der Waals surface area contributed by atoms with Gasteiger partial charge in [-0.25, -0.2) is 4.39 Å². The Labute approximate surface area is 115 Å². The van der Waals surface area contributed by atoms with Crippen LogP contribution < -0.4 is 0 Å². The van der Waals surface area contributed by atoms with Crippen LogP contribution in [0.4, 0.5) is 4.39 Å². The number of Topliss-reactive ketones (excluding diaryl/α,β-unsaturated/α-hetero) is 1. The van der Waals surface area contributed by atoms with E-state index >= 15 is 0 Å². The van der Waals surface area contributed by atoms with E-state index in [2.05, 4.69) is 6.92 Å². The van der Waals surface area contributed by atoms with Crippen LogP contribution in [0, 0.1) is 17.7 Å². The summed E-state index contributed by atoms with van der Waals surface area (Å²) in [5.74, 6) is 0.875. The first kappa shape index (κ1) is 14.2. The molecule has 0 heterocycles.